The van der Waals surface area contributed by atoms with Gasteiger partial charge in [0.2, 0.25) is 0 Å². The molecule has 4 nitrogen and oxygen atoms in total. The molecular formula is C13H18ClN3O. The van der Waals surface area contributed by atoms with E-state index in [9.17, 15) is 0 Å². The molecule has 2 aromatic heterocycles. The van der Waals surface area contributed by atoms with Crippen molar-refractivity contribution in [1.29, 1.82) is 0 Å². The lowest BCUT2D eigenvalue weighted by molar-refractivity contribution is 0.153. The average Bonchev–Trinajstić information content (AvgIpc) is 2.75. The molecule has 0 fully saturated rings. The van der Waals surface area contributed by atoms with Gasteiger partial charge >= 0.3 is 0 Å². The summed E-state index contributed by atoms with van der Waals surface area (Å²) >= 11 is 6.24. The molecule has 2 atom stereocenters. The van der Waals surface area contributed by atoms with Gasteiger partial charge in [0.25, 0.3) is 0 Å². The van der Waals surface area contributed by atoms with Crippen LogP contribution in [-0.4, -0.2) is 28.3 Å². The van der Waals surface area contributed by atoms with Crippen molar-refractivity contribution in [3.63, 3.8) is 0 Å². The molecular weight excluding hydrogens is 250 g/mol. The third-order valence-corrected chi connectivity index (χ3v) is 3.27. The summed E-state index contributed by atoms with van der Waals surface area (Å²) in [6, 6.07) is 2.22. The number of fused-ring (bicyclic) bond motifs is 1. The van der Waals surface area contributed by atoms with Crippen LogP contribution in [0.1, 0.15) is 37.5 Å². The second kappa shape index (κ2) is 5.67. The number of aromatic nitrogens is 3. The summed E-state index contributed by atoms with van der Waals surface area (Å²) in [4.78, 5) is 8.68. The van der Waals surface area contributed by atoms with Crippen molar-refractivity contribution in [2.45, 2.75) is 31.7 Å². The van der Waals surface area contributed by atoms with E-state index in [4.69, 9.17) is 16.3 Å². The van der Waals surface area contributed by atoms with Crippen molar-refractivity contribution >= 4 is 22.6 Å². The number of hydrogen-bond acceptors (Lipinski definition) is 3. The molecule has 0 aliphatic rings. The molecule has 0 saturated carbocycles. The van der Waals surface area contributed by atoms with Crippen LogP contribution in [0.4, 0.5) is 0 Å². The summed E-state index contributed by atoms with van der Waals surface area (Å²) in [6.45, 7) is 4.73. The Balaban J connectivity index is 2.60. The molecule has 2 aromatic rings. The van der Waals surface area contributed by atoms with Crippen molar-refractivity contribution in [2.75, 3.05) is 13.7 Å². The Morgan fingerprint density at radius 1 is 1.50 bits per heavy atom. The van der Waals surface area contributed by atoms with Gasteiger partial charge in [0.15, 0.2) is 0 Å². The molecule has 5 heteroatoms. The number of imidazole rings is 1. The molecule has 2 unspecified atom stereocenters. The van der Waals surface area contributed by atoms with Crippen molar-refractivity contribution < 1.29 is 4.74 Å². The van der Waals surface area contributed by atoms with Crippen LogP contribution in [-0.2, 0) is 4.74 Å². The lowest BCUT2D eigenvalue weighted by Gasteiger charge is -2.20. The van der Waals surface area contributed by atoms with Crippen molar-refractivity contribution in [3.05, 3.63) is 24.3 Å². The smallest absolute Gasteiger partial charge is 0.128 e. The van der Waals surface area contributed by atoms with Gasteiger partial charge < -0.3 is 9.30 Å². The summed E-state index contributed by atoms with van der Waals surface area (Å²) in [6.07, 6.45) is 4.52. The molecule has 0 amide bonds. The highest BCUT2D eigenvalue weighted by Crippen LogP contribution is 2.28. The summed E-state index contributed by atoms with van der Waals surface area (Å²) in [5.74, 6) is 0.878. The van der Waals surface area contributed by atoms with Crippen LogP contribution < -0.4 is 0 Å². The monoisotopic (exact) mass is 267 g/mol. The summed E-state index contributed by atoms with van der Waals surface area (Å²) in [5, 5.41) is -0.136. The average molecular weight is 268 g/mol. The Kier molecular flexibility index (Phi) is 4.19. The van der Waals surface area contributed by atoms with E-state index in [0.29, 0.717) is 6.61 Å². The zero-order valence-electron chi connectivity index (χ0n) is 10.9. The van der Waals surface area contributed by atoms with E-state index in [1.165, 1.54) is 0 Å². The second-order valence-corrected chi connectivity index (χ2v) is 4.99. The van der Waals surface area contributed by atoms with Crippen molar-refractivity contribution in [2.24, 2.45) is 0 Å². The lowest BCUT2D eigenvalue weighted by atomic mass is 10.2. The van der Waals surface area contributed by atoms with Gasteiger partial charge in [0, 0.05) is 13.3 Å². The fraction of sp³-hybridized carbons (Fsp3) is 0.538. The fourth-order valence-electron chi connectivity index (χ4n) is 2.20. The number of ether oxygens (including phenoxy) is 1. The first-order valence-electron chi connectivity index (χ1n) is 6.13. The molecule has 0 bridgehead atoms. The van der Waals surface area contributed by atoms with E-state index < -0.39 is 0 Å². The van der Waals surface area contributed by atoms with Crippen molar-refractivity contribution in [3.8, 4) is 0 Å². The van der Waals surface area contributed by atoms with Crippen LogP contribution in [0.3, 0.4) is 0 Å². The number of methoxy groups -OCH3 is 1. The summed E-state index contributed by atoms with van der Waals surface area (Å²) in [5.41, 5.74) is 1.95. The van der Waals surface area contributed by atoms with Crippen LogP contribution in [0.5, 0.6) is 0 Å². The molecule has 2 rings (SSSR count). The van der Waals surface area contributed by atoms with Crippen LogP contribution in [0, 0.1) is 0 Å². The molecule has 0 aliphatic carbocycles. The van der Waals surface area contributed by atoms with Gasteiger partial charge in [-0.2, -0.15) is 0 Å². The Hall–Kier alpha value is -1.13. The highest BCUT2D eigenvalue weighted by molar-refractivity contribution is 6.20. The molecule has 0 spiro atoms. The maximum absolute atomic E-state index is 6.24. The highest BCUT2D eigenvalue weighted by Gasteiger charge is 2.20. The first-order valence-corrected chi connectivity index (χ1v) is 6.57. The minimum absolute atomic E-state index is 0.136. The number of pyridine rings is 1. The number of hydrogen-bond donors (Lipinski definition) is 0. The van der Waals surface area contributed by atoms with Gasteiger partial charge in [-0.3, -0.25) is 4.98 Å². The molecule has 18 heavy (non-hydrogen) atoms. The zero-order valence-corrected chi connectivity index (χ0v) is 11.7. The Morgan fingerprint density at radius 3 is 2.89 bits per heavy atom. The molecule has 98 valence electrons. The van der Waals surface area contributed by atoms with Gasteiger partial charge in [0.05, 0.1) is 29.7 Å². The van der Waals surface area contributed by atoms with E-state index in [1.807, 2.05) is 13.0 Å². The molecule has 2 heterocycles. The minimum atomic E-state index is -0.136. The third kappa shape index (κ3) is 2.35. The van der Waals surface area contributed by atoms with E-state index in [0.717, 1.165) is 23.3 Å². The van der Waals surface area contributed by atoms with Crippen LogP contribution in [0.15, 0.2) is 18.5 Å². The molecule has 0 radical (unpaired) electrons. The predicted molar refractivity (Wildman–Crippen MR) is 73.0 cm³/mol. The topological polar surface area (TPSA) is 39.9 Å². The first kappa shape index (κ1) is 13.3. The fourth-order valence-corrected chi connectivity index (χ4v) is 2.35. The largest absolute Gasteiger partial charge is 0.383 e. The highest BCUT2D eigenvalue weighted by atomic mass is 35.5. The minimum Gasteiger partial charge on any atom is -0.383 e. The Labute approximate surface area is 112 Å². The van der Waals surface area contributed by atoms with Gasteiger partial charge in [-0.1, -0.05) is 6.92 Å². The van der Waals surface area contributed by atoms with Crippen LogP contribution >= 0.6 is 11.6 Å². The molecule has 0 saturated heterocycles. The second-order valence-electron chi connectivity index (χ2n) is 4.34. The summed E-state index contributed by atoms with van der Waals surface area (Å²) < 4.78 is 7.47. The van der Waals surface area contributed by atoms with Crippen molar-refractivity contribution in [1.82, 2.24) is 14.5 Å². The van der Waals surface area contributed by atoms with E-state index in [1.54, 1.807) is 19.5 Å². The number of nitrogens with zero attached hydrogens (tertiary/aromatic N) is 3. The third-order valence-electron chi connectivity index (χ3n) is 3.07. The molecule has 0 aromatic carbocycles. The normalized spacial score (nSPS) is 14.9. The van der Waals surface area contributed by atoms with Crippen LogP contribution in [0.2, 0.25) is 0 Å². The lowest BCUT2D eigenvalue weighted by Crippen LogP contribution is -2.16. The predicted octanol–water partition coefficient (Wildman–Crippen LogP) is 3.33. The quantitative estimate of drug-likeness (QED) is 0.780. The zero-order chi connectivity index (χ0) is 13.1. The maximum Gasteiger partial charge on any atom is 0.128 e. The van der Waals surface area contributed by atoms with Gasteiger partial charge in [-0.25, -0.2) is 4.98 Å². The van der Waals surface area contributed by atoms with Gasteiger partial charge in [-0.15, -0.1) is 11.6 Å². The van der Waals surface area contributed by atoms with Gasteiger partial charge in [-0.05, 0) is 19.4 Å². The first-order chi connectivity index (χ1) is 8.69. The maximum atomic E-state index is 6.24. The molecule has 0 aliphatic heterocycles. The van der Waals surface area contributed by atoms with Crippen LogP contribution in [0.25, 0.3) is 11.0 Å². The summed E-state index contributed by atoms with van der Waals surface area (Å²) in [7, 11) is 1.72. The Bertz CT molecular complexity index is 524. The number of rotatable bonds is 5. The van der Waals surface area contributed by atoms with E-state index >= 15 is 0 Å². The molecule has 0 N–H and O–H groups in total. The Morgan fingerprint density at radius 2 is 2.28 bits per heavy atom. The van der Waals surface area contributed by atoms with E-state index in [2.05, 4.69) is 21.5 Å². The number of halogens is 1. The SMILES string of the molecule is CCC(COC)n1c(C(C)Cl)nc2cnccc21. The standard InChI is InChI=1S/C13H18ClN3O/c1-4-10(8-18-3)17-12-5-6-15-7-11(12)16-13(17)9(2)14/h5-7,9-10H,4,8H2,1-3H3. The number of alkyl halides is 1. The van der Waals surface area contributed by atoms with E-state index in [-0.39, 0.29) is 11.4 Å². The van der Waals surface area contributed by atoms with Gasteiger partial charge in [0.1, 0.15) is 11.3 Å².